The average molecular weight is 238 g/mol. The Hall–Kier alpha value is -1.37. The van der Waals surface area contributed by atoms with Gasteiger partial charge in [-0.05, 0) is 12.1 Å². The Morgan fingerprint density at radius 1 is 1.44 bits per heavy atom. The van der Waals surface area contributed by atoms with Gasteiger partial charge in [-0.15, -0.1) is 11.3 Å². The maximum atomic E-state index is 12.7. The molecule has 0 spiro atoms. The molecule has 0 aliphatic heterocycles. The molecule has 0 aromatic carbocycles. The minimum absolute atomic E-state index is 0.124. The Bertz CT molecular complexity index is 429. The largest absolute Gasteiger partial charge is 0.271 e. The van der Waals surface area contributed by atoms with Crippen LogP contribution in [-0.2, 0) is 6.42 Å². The molecule has 2 aromatic rings. The lowest BCUT2D eigenvalue weighted by molar-refractivity contribution is 0.536. The molecule has 0 saturated carbocycles. The highest BCUT2D eigenvalue weighted by Crippen LogP contribution is 2.18. The molecule has 3 N–H and O–H groups in total. The second kappa shape index (κ2) is 5.11. The number of rotatable bonds is 4. The van der Waals surface area contributed by atoms with Crippen LogP contribution in [0.1, 0.15) is 16.6 Å². The Kier molecular flexibility index (Phi) is 3.55. The predicted molar refractivity (Wildman–Crippen MR) is 60.1 cm³/mol. The van der Waals surface area contributed by atoms with Gasteiger partial charge in [0.05, 0.1) is 23.4 Å². The molecule has 0 fully saturated rings. The normalized spacial score (nSPS) is 12.6. The Balaban J connectivity index is 2.13. The molecule has 0 aliphatic rings. The molecule has 4 nitrogen and oxygen atoms in total. The zero-order chi connectivity index (χ0) is 11.4. The van der Waals surface area contributed by atoms with Gasteiger partial charge in [-0.1, -0.05) is 0 Å². The highest BCUT2D eigenvalue weighted by atomic mass is 32.1. The van der Waals surface area contributed by atoms with Crippen LogP contribution in [0, 0.1) is 5.82 Å². The average Bonchev–Trinajstić information content (AvgIpc) is 2.80. The molecule has 2 rings (SSSR count). The summed E-state index contributed by atoms with van der Waals surface area (Å²) >= 11 is 1.56. The van der Waals surface area contributed by atoms with E-state index in [0.29, 0.717) is 6.42 Å². The van der Waals surface area contributed by atoms with E-state index in [-0.39, 0.29) is 11.9 Å². The van der Waals surface area contributed by atoms with E-state index in [1.54, 1.807) is 29.1 Å². The zero-order valence-electron chi connectivity index (χ0n) is 8.43. The van der Waals surface area contributed by atoms with Gasteiger partial charge in [0.1, 0.15) is 5.82 Å². The number of nitrogens with one attached hydrogen (secondary N) is 1. The van der Waals surface area contributed by atoms with Crippen LogP contribution in [-0.4, -0.2) is 9.97 Å². The summed E-state index contributed by atoms with van der Waals surface area (Å²) in [5.41, 5.74) is 5.15. The van der Waals surface area contributed by atoms with E-state index < -0.39 is 0 Å². The molecular weight excluding hydrogens is 227 g/mol. The smallest absolute Gasteiger partial charge is 0.141 e. The molecule has 6 heteroatoms. The molecule has 0 saturated heterocycles. The molecule has 0 amide bonds. The molecule has 0 radical (unpaired) electrons. The van der Waals surface area contributed by atoms with Gasteiger partial charge < -0.3 is 0 Å². The molecule has 0 aliphatic carbocycles. The number of pyridine rings is 1. The lowest BCUT2D eigenvalue weighted by Crippen LogP contribution is -2.30. The minimum atomic E-state index is -0.350. The second-order valence-electron chi connectivity index (χ2n) is 3.29. The topological polar surface area (TPSA) is 63.8 Å². The summed E-state index contributed by atoms with van der Waals surface area (Å²) in [5.74, 6) is 5.11. The third-order valence-corrected chi connectivity index (χ3v) is 3.00. The zero-order valence-corrected chi connectivity index (χ0v) is 9.25. The first-order valence-corrected chi connectivity index (χ1v) is 5.62. The van der Waals surface area contributed by atoms with Crippen molar-refractivity contribution in [2.45, 2.75) is 12.5 Å². The summed E-state index contributed by atoms with van der Waals surface area (Å²) in [6.07, 6.45) is 3.67. The second-order valence-corrected chi connectivity index (χ2v) is 4.26. The van der Waals surface area contributed by atoms with E-state index in [9.17, 15) is 4.39 Å². The van der Waals surface area contributed by atoms with E-state index in [0.717, 1.165) is 10.6 Å². The van der Waals surface area contributed by atoms with E-state index in [1.165, 1.54) is 12.3 Å². The van der Waals surface area contributed by atoms with Crippen molar-refractivity contribution >= 4 is 11.3 Å². The molecule has 2 aromatic heterocycles. The van der Waals surface area contributed by atoms with E-state index in [2.05, 4.69) is 15.4 Å². The van der Waals surface area contributed by atoms with E-state index >= 15 is 0 Å². The van der Waals surface area contributed by atoms with Crippen molar-refractivity contribution in [3.63, 3.8) is 0 Å². The van der Waals surface area contributed by atoms with Gasteiger partial charge in [-0.2, -0.15) is 0 Å². The van der Waals surface area contributed by atoms with Crippen molar-refractivity contribution in [3.8, 4) is 0 Å². The van der Waals surface area contributed by atoms with Crippen LogP contribution in [0.25, 0.3) is 0 Å². The summed E-state index contributed by atoms with van der Waals surface area (Å²) in [5, 5.41) is 0. The minimum Gasteiger partial charge on any atom is -0.271 e. The third-order valence-electron chi connectivity index (χ3n) is 2.20. The van der Waals surface area contributed by atoms with Gasteiger partial charge >= 0.3 is 0 Å². The Labute approximate surface area is 96.3 Å². The monoisotopic (exact) mass is 238 g/mol. The molecule has 16 heavy (non-hydrogen) atoms. The number of halogens is 1. The number of nitrogens with two attached hydrogens (primary N) is 1. The maximum absolute atomic E-state index is 12.7. The van der Waals surface area contributed by atoms with Crippen molar-refractivity contribution in [2.75, 3.05) is 0 Å². The van der Waals surface area contributed by atoms with Gasteiger partial charge in [0.25, 0.3) is 0 Å². The molecule has 84 valence electrons. The van der Waals surface area contributed by atoms with Gasteiger partial charge in [0, 0.05) is 17.5 Å². The van der Waals surface area contributed by atoms with E-state index in [4.69, 9.17) is 5.84 Å². The first-order chi connectivity index (χ1) is 7.79. The van der Waals surface area contributed by atoms with Crippen molar-refractivity contribution < 1.29 is 4.39 Å². The molecule has 0 bridgehead atoms. The molecule has 2 heterocycles. The van der Waals surface area contributed by atoms with Crippen LogP contribution in [0.3, 0.4) is 0 Å². The van der Waals surface area contributed by atoms with Gasteiger partial charge in [0.15, 0.2) is 0 Å². The first kappa shape index (κ1) is 11.1. The third kappa shape index (κ3) is 2.60. The van der Waals surface area contributed by atoms with Crippen LogP contribution >= 0.6 is 11.3 Å². The highest BCUT2D eigenvalue weighted by Gasteiger charge is 2.12. The van der Waals surface area contributed by atoms with E-state index in [1.807, 2.05) is 0 Å². The lowest BCUT2D eigenvalue weighted by Gasteiger charge is -2.13. The van der Waals surface area contributed by atoms with Crippen LogP contribution in [0.4, 0.5) is 4.39 Å². The van der Waals surface area contributed by atoms with Crippen LogP contribution in [0.2, 0.25) is 0 Å². The lowest BCUT2D eigenvalue weighted by atomic mass is 10.1. The number of thiazole rings is 1. The van der Waals surface area contributed by atoms with Crippen LogP contribution in [0.15, 0.2) is 30.0 Å². The molecular formula is C10H11FN4S. The summed E-state index contributed by atoms with van der Waals surface area (Å²) in [7, 11) is 0. The SMILES string of the molecule is NNC(Cc1cncs1)c1ccc(F)cn1. The highest BCUT2D eigenvalue weighted by molar-refractivity contribution is 7.09. The quantitative estimate of drug-likeness (QED) is 0.624. The van der Waals surface area contributed by atoms with Crippen molar-refractivity contribution in [1.82, 2.24) is 15.4 Å². The van der Waals surface area contributed by atoms with Crippen molar-refractivity contribution in [1.29, 1.82) is 0 Å². The Morgan fingerprint density at radius 3 is 2.88 bits per heavy atom. The van der Waals surface area contributed by atoms with Gasteiger partial charge in [0.2, 0.25) is 0 Å². The van der Waals surface area contributed by atoms with Crippen LogP contribution in [0.5, 0.6) is 0 Å². The number of nitrogens with zero attached hydrogens (tertiary/aromatic N) is 2. The fraction of sp³-hybridized carbons (Fsp3) is 0.200. The fourth-order valence-electron chi connectivity index (χ4n) is 1.39. The molecule has 1 unspecified atom stereocenters. The molecule has 1 atom stereocenters. The summed E-state index contributed by atoms with van der Waals surface area (Å²) in [6, 6.07) is 2.88. The van der Waals surface area contributed by atoms with Crippen molar-refractivity contribution in [3.05, 3.63) is 46.4 Å². The summed E-state index contributed by atoms with van der Waals surface area (Å²) in [6.45, 7) is 0. The maximum Gasteiger partial charge on any atom is 0.141 e. The van der Waals surface area contributed by atoms with Crippen LogP contribution < -0.4 is 11.3 Å². The fourth-order valence-corrected chi connectivity index (χ4v) is 2.03. The first-order valence-electron chi connectivity index (χ1n) is 4.74. The summed E-state index contributed by atoms with van der Waals surface area (Å²) in [4.78, 5) is 9.09. The van der Waals surface area contributed by atoms with Gasteiger partial charge in [-0.3, -0.25) is 21.2 Å². The van der Waals surface area contributed by atoms with Gasteiger partial charge in [-0.25, -0.2) is 4.39 Å². The number of hydrogen-bond acceptors (Lipinski definition) is 5. The predicted octanol–water partition coefficient (Wildman–Crippen LogP) is 1.42. The Morgan fingerprint density at radius 2 is 2.31 bits per heavy atom. The number of hydrogen-bond donors (Lipinski definition) is 2. The summed E-state index contributed by atoms with van der Waals surface area (Å²) < 4.78 is 12.7. The number of aromatic nitrogens is 2. The standard InChI is InChI=1S/C10H11FN4S/c11-7-1-2-9(14-4-7)10(15-12)3-8-5-13-6-16-8/h1-2,4-6,10,15H,3,12H2. The van der Waals surface area contributed by atoms with Crippen molar-refractivity contribution in [2.24, 2.45) is 5.84 Å². The number of hydrazine groups is 1.